The Morgan fingerprint density at radius 1 is 1.41 bits per heavy atom. The van der Waals surface area contributed by atoms with Crippen LogP contribution >= 0.6 is 11.3 Å². The van der Waals surface area contributed by atoms with E-state index >= 15 is 0 Å². The highest BCUT2D eigenvalue weighted by Gasteiger charge is 2.29. The molecule has 1 aromatic heterocycles. The molecule has 96 valence electrons. The summed E-state index contributed by atoms with van der Waals surface area (Å²) in [6.45, 7) is 2.32. The fraction of sp³-hybridized carbons (Fsp3) is 0.733. The predicted molar refractivity (Wildman–Crippen MR) is 76.6 cm³/mol. The highest BCUT2D eigenvalue weighted by Crippen LogP contribution is 2.34. The molecule has 1 N–H and O–H groups in total. The number of hydrogen-bond acceptors (Lipinski definition) is 2. The molecule has 0 saturated heterocycles. The van der Waals surface area contributed by atoms with Gasteiger partial charge >= 0.3 is 0 Å². The van der Waals surface area contributed by atoms with E-state index in [-0.39, 0.29) is 0 Å². The molecular weight excluding hydrogens is 226 g/mol. The van der Waals surface area contributed by atoms with Crippen molar-refractivity contribution in [2.24, 2.45) is 11.8 Å². The van der Waals surface area contributed by atoms with Crippen LogP contribution in [0.2, 0.25) is 0 Å². The SMILES string of the molecule is CCCC1CCC(NC)C(Cc2ccsc2)C1. The molecule has 1 aliphatic rings. The smallest absolute Gasteiger partial charge is 0.00957 e. The number of thiophene rings is 1. The van der Waals surface area contributed by atoms with E-state index in [1.54, 1.807) is 0 Å². The summed E-state index contributed by atoms with van der Waals surface area (Å²) in [6.07, 6.45) is 8.27. The van der Waals surface area contributed by atoms with Crippen LogP contribution in [0.5, 0.6) is 0 Å². The van der Waals surface area contributed by atoms with E-state index in [0.717, 1.165) is 17.9 Å². The zero-order chi connectivity index (χ0) is 12.1. The number of hydrogen-bond donors (Lipinski definition) is 1. The summed E-state index contributed by atoms with van der Waals surface area (Å²) in [5.41, 5.74) is 1.54. The van der Waals surface area contributed by atoms with Crippen LogP contribution in [0.3, 0.4) is 0 Å². The Morgan fingerprint density at radius 3 is 2.94 bits per heavy atom. The summed E-state index contributed by atoms with van der Waals surface area (Å²) in [7, 11) is 2.13. The third kappa shape index (κ3) is 3.56. The van der Waals surface area contributed by atoms with Crippen molar-refractivity contribution in [2.45, 2.75) is 51.5 Å². The lowest BCUT2D eigenvalue weighted by Gasteiger charge is -2.36. The molecular formula is C15H25NS. The second-order valence-electron chi connectivity index (χ2n) is 5.46. The third-order valence-electron chi connectivity index (χ3n) is 4.24. The first kappa shape index (κ1) is 13.1. The quantitative estimate of drug-likeness (QED) is 0.831. The zero-order valence-electron chi connectivity index (χ0n) is 11.1. The van der Waals surface area contributed by atoms with E-state index in [0.29, 0.717) is 0 Å². The van der Waals surface area contributed by atoms with E-state index in [4.69, 9.17) is 0 Å². The maximum absolute atomic E-state index is 3.53. The summed E-state index contributed by atoms with van der Waals surface area (Å²) in [5, 5.41) is 8.05. The van der Waals surface area contributed by atoms with Crippen LogP contribution < -0.4 is 5.32 Å². The van der Waals surface area contributed by atoms with Gasteiger partial charge in [-0.3, -0.25) is 0 Å². The molecule has 1 nitrogen and oxygen atoms in total. The molecule has 0 aromatic carbocycles. The Balaban J connectivity index is 1.94. The van der Waals surface area contributed by atoms with Crippen LogP contribution in [0.4, 0.5) is 0 Å². The second kappa shape index (κ2) is 6.55. The van der Waals surface area contributed by atoms with E-state index in [1.165, 1.54) is 44.1 Å². The minimum absolute atomic E-state index is 0.739. The molecule has 0 radical (unpaired) electrons. The topological polar surface area (TPSA) is 12.0 Å². The molecule has 0 bridgehead atoms. The Labute approximate surface area is 110 Å². The lowest BCUT2D eigenvalue weighted by atomic mass is 9.74. The first-order valence-corrected chi connectivity index (χ1v) is 7.96. The van der Waals surface area contributed by atoms with Crippen molar-refractivity contribution in [1.82, 2.24) is 5.32 Å². The van der Waals surface area contributed by atoms with Gasteiger partial charge in [-0.2, -0.15) is 11.3 Å². The minimum atomic E-state index is 0.739. The highest BCUT2D eigenvalue weighted by molar-refractivity contribution is 7.07. The third-order valence-corrected chi connectivity index (χ3v) is 4.97. The molecule has 0 aliphatic heterocycles. The summed E-state index contributed by atoms with van der Waals surface area (Å²) >= 11 is 1.83. The van der Waals surface area contributed by atoms with E-state index in [1.807, 2.05) is 11.3 Å². The number of rotatable bonds is 5. The second-order valence-corrected chi connectivity index (χ2v) is 6.24. The average molecular weight is 251 g/mol. The van der Waals surface area contributed by atoms with Gasteiger partial charge in [0.25, 0.3) is 0 Å². The van der Waals surface area contributed by atoms with Crippen molar-refractivity contribution in [1.29, 1.82) is 0 Å². The normalized spacial score (nSPS) is 29.4. The molecule has 1 heterocycles. The minimum Gasteiger partial charge on any atom is -0.317 e. The zero-order valence-corrected chi connectivity index (χ0v) is 11.9. The summed E-state index contributed by atoms with van der Waals surface area (Å²) in [6, 6.07) is 3.03. The standard InChI is InChI=1S/C15H25NS/c1-3-4-12-5-6-15(16-2)14(9-12)10-13-7-8-17-11-13/h7-8,11-12,14-16H,3-6,9-10H2,1-2H3. The summed E-state index contributed by atoms with van der Waals surface area (Å²) in [5.74, 6) is 1.83. The summed E-state index contributed by atoms with van der Waals surface area (Å²) in [4.78, 5) is 0. The molecule has 2 heteroatoms. The molecule has 1 aromatic rings. The van der Waals surface area contributed by atoms with Crippen molar-refractivity contribution < 1.29 is 0 Å². The maximum Gasteiger partial charge on any atom is 0.00957 e. The monoisotopic (exact) mass is 251 g/mol. The van der Waals surface area contributed by atoms with Crippen LogP contribution in [-0.2, 0) is 6.42 Å². The van der Waals surface area contributed by atoms with Crippen LogP contribution in [0.25, 0.3) is 0 Å². The number of nitrogens with one attached hydrogen (secondary N) is 1. The van der Waals surface area contributed by atoms with Crippen molar-refractivity contribution in [3.63, 3.8) is 0 Å². The van der Waals surface area contributed by atoms with E-state index in [9.17, 15) is 0 Å². The van der Waals surface area contributed by atoms with Crippen LogP contribution in [0.1, 0.15) is 44.6 Å². The van der Waals surface area contributed by atoms with Gasteiger partial charge in [0.1, 0.15) is 0 Å². The van der Waals surface area contributed by atoms with Gasteiger partial charge in [-0.05, 0) is 67.0 Å². The first-order chi connectivity index (χ1) is 8.33. The molecule has 3 atom stereocenters. The Hall–Kier alpha value is -0.340. The van der Waals surface area contributed by atoms with Gasteiger partial charge in [-0.25, -0.2) is 0 Å². The van der Waals surface area contributed by atoms with Crippen LogP contribution in [-0.4, -0.2) is 13.1 Å². The summed E-state index contributed by atoms with van der Waals surface area (Å²) < 4.78 is 0. The van der Waals surface area contributed by atoms with Crippen LogP contribution in [0, 0.1) is 11.8 Å². The molecule has 2 rings (SSSR count). The lowest BCUT2D eigenvalue weighted by Crippen LogP contribution is -2.39. The van der Waals surface area contributed by atoms with Gasteiger partial charge in [-0.1, -0.05) is 19.8 Å². The van der Waals surface area contributed by atoms with Gasteiger partial charge in [0.2, 0.25) is 0 Å². The van der Waals surface area contributed by atoms with E-state index in [2.05, 4.69) is 36.1 Å². The molecule has 0 spiro atoms. The van der Waals surface area contributed by atoms with E-state index < -0.39 is 0 Å². The van der Waals surface area contributed by atoms with Crippen molar-refractivity contribution in [3.05, 3.63) is 22.4 Å². The Kier molecular flexibility index (Phi) is 5.05. The molecule has 1 aliphatic carbocycles. The van der Waals surface area contributed by atoms with Crippen molar-refractivity contribution in [2.75, 3.05) is 7.05 Å². The fourth-order valence-electron chi connectivity index (χ4n) is 3.35. The maximum atomic E-state index is 3.53. The Bertz CT molecular complexity index is 307. The lowest BCUT2D eigenvalue weighted by molar-refractivity contribution is 0.200. The molecule has 3 unspecified atom stereocenters. The van der Waals surface area contributed by atoms with Gasteiger partial charge in [0.15, 0.2) is 0 Å². The van der Waals surface area contributed by atoms with Gasteiger partial charge in [-0.15, -0.1) is 0 Å². The van der Waals surface area contributed by atoms with Gasteiger partial charge in [0, 0.05) is 6.04 Å². The van der Waals surface area contributed by atoms with Crippen LogP contribution in [0.15, 0.2) is 16.8 Å². The molecule has 17 heavy (non-hydrogen) atoms. The fourth-order valence-corrected chi connectivity index (χ4v) is 4.03. The van der Waals surface area contributed by atoms with Gasteiger partial charge in [0.05, 0.1) is 0 Å². The first-order valence-electron chi connectivity index (χ1n) is 7.01. The predicted octanol–water partition coefficient (Wildman–Crippen LogP) is 4.10. The molecule has 1 saturated carbocycles. The van der Waals surface area contributed by atoms with Crippen molar-refractivity contribution >= 4 is 11.3 Å². The molecule has 1 fully saturated rings. The molecule has 0 amide bonds. The largest absolute Gasteiger partial charge is 0.317 e. The van der Waals surface area contributed by atoms with Crippen molar-refractivity contribution in [3.8, 4) is 0 Å². The average Bonchev–Trinajstić information content (AvgIpc) is 2.83. The van der Waals surface area contributed by atoms with Gasteiger partial charge < -0.3 is 5.32 Å². The Morgan fingerprint density at radius 2 is 2.29 bits per heavy atom. The highest BCUT2D eigenvalue weighted by atomic mass is 32.1.